The number of esters is 1. The Balaban J connectivity index is 1.65. The van der Waals surface area contributed by atoms with Gasteiger partial charge in [0.2, 0.25) is 5.78 Å². The van der Waals surface area contributed by atoms with E-state index in [1.54, 1.807) is 6.92 Å². The summed E-state index contributed by atoms with van der Waals surface area (Å²) in [6, 6.07) is 14.9. The Hall–Kier alpha value is -3.77. The Morgan fingerprint density at radius 3 is 2.26 bits per heavy atom. The van der Waals surface area contributed by atoms with Gasteiger partial charge in [-0.25, -0.2) is 9.59 Å². The highest BCUT2D eigenvalue weighted by Crippen LogP contribution is 2.44. The second-order valence-electron chi connectivity index (χ2n) is 7.02. The molecule has 0 heterocycles. The number of hydrogen-bond donors (Lipinski definition) is 1. The highest BCUT2D eigenvalue weighted by atomic mass is 16.6. The van der Waals surface area contributed by atoms with Crippen molar-refractivity contribution in [2.45, 2.75) is 31.7 Å². The fourth-order valence-corrected chi connectivity index (χ4v) is 3.69. The summed E-state index contributed by atoms with van der Waals surface area (Å²) in [5.41, 5.74) is 12.8. The Kier molecular flexibility index (Phi) is 7.30. The average molecular weight is 421 g/mol. The maximum absolute atomic E-state index is 12.4. The number of carbonyl (C=O) groups is 3. The predicted octanol–water partition coefficient (Wildman–Crippen LogP) is 3.11. The molecule has 1 N–H and O–H groups in total. The highest BCUT2D eigenvalue weighted by molar-refractivity contribution is 6.25. The lowest BCUT2D eigenvalue weighted by molar-refractivity contribution is -0.145. The number of nitrogens with one attached hydrogen (secondary N) is 1. The predicted molar refractivity (Wildman–Crippen MR) is 113 cm³/mol. The number of hydrogen-bond acceptors (Lipinski definition) is 5. The third kappa shape index (κ3) is 5.24. The first-order valence-corrected chi connectivity index (χ1v) is 10.0. The molecule has 0 spiro atoms. The topological polar surface area (TPSA) is 118 Å². The molecule has 2 aromatic carbocycles. The lowest BCUT2D eigenvalue weighted by Gasteiger charge is -2.18. The van der Waals surface area contributed by atoms with Crippen LogP contribution in [-0.4, -0.2) is 48.1 Å². The smallest absolute Gasteiger partial charge is 0.407 e. The van der Waals surface area contributed by atoms with Crippen molar-refractivity contribution in [2.24, 2.45) is 0 Å². The van der Waals surface area contributed by atoms with Crippen molar-refractivity contribution in [3.8, 4) is 11.1 Å². The molecule has 1 aliphatic rings. The molecule has 0 unspecified atom stereocenters. The molecule has 0 saturated heterocycles. The van der Waals surface area contributed by atoms with Gasteiger partial charge >= 0.3 is 18.3 Å². The minimum Gasteiger partial charge on any atom is -0.464 e. The number of Topliss-reactive ketones (excluding diaryl/α,β-unsaturated/α-hetero) is 1. The summed E-state index contributed by atoms with van der Waals surface area (Å²) in [5, 5.41) is 2.48. The standard InChI is InChI=1S/C23H23N3O5/c1-2-30-22(28)21(12-11-15(27)13-25-24)26-23(29)31-14-20-18-9-5-3-7-16(18)17-8-4-6-10-19(17)20/h3-10,13,20-21H,2,11-12,14H2,1H3,(H,26,29)/t21-/m0/s1. The van der Waals surface area contributed by atoms with Gasteiger partial charge in [-0.15, -0.1) is 0 Å². The first kappa shape index (κ1) is 21.9. The van der Waals surface area contributed by atoms with Crippen LogP contribution in [0.15, 0.2) is 48.5 Å². The van der Waals surface area contributed by atoms with Crippen LogP contribution in [0.4, 0.5) is 4.79 Å². The minimum atomic E-state index is -1.05. The molecule has 3 rings (SSSR count). The zero-order valence-electron chi connectivity index (χ0n) is 17.1. The Morgan fingerprint density at radius 1 is 1.06 bits per heavy atom. The van der Waals surface area contributed by atoms with Crippen molar-refractivity contribution < 1.29 is 28.6 Å². The maximum Gasteiger partial charge on any atom is 0.407 e. The van der Waals surface area contributed by atoms with Gasteiger partial charge in [0.1, 0.15) is 12.6 Å². The quantitative estimate of drug-likeness (QED) is 0.289. The average Bonchev–Trinajstić information content (AvgIpc) is 3.09. The molecule has 1 aliphatic carbocycles. The molecular formula is C23H23N3O5. The fraction of sp³-hybridized carbons (Fsp3) is 0.304. The number of benzene rings is 2. The van der Waals surface area contributed by atoms with Crippen LogP contribution >= 0.6 is 0 Å². The molecule has 0 saturated carbocycles. The molecule has 0 radical (unpaired) electrons. The van der Waals surface area contributed by atoms with E-state index in [0.717, 1.165) is 28.5 Å². The summed E-state index contributed by atoms with van der Waals surface area (Å²) < 4.78 is 10.4. The van der Waals surface area contributed by atoms with E-state index in [2.05, 4.69) is 10.1 Å². The summed E-state index contributed by atoms with van der Waals surface area (Å²) >= 11 is 0. The molecule has 0 fully saturated rings. The molecule has 0 bridgehead atoms. The zero-order valence-corrected chi connectivity index (χ0v) is 17.1. The van der Waals surface area contributed by atoms with Gasteiger partial charge in [0, 0.05) is 12.3 Å². The van der Waals surface area contributed by atoms with Crippen molar-refractivity contribution in [1.82, 2.24) is 5.32 Å². The number of rotatable bonds is 9. The number of fused-ring (bicyclic) bond motifs is 3. The van der Waals surface area contributed by atoms with Gasteiger partial charge in [-0.2, -0.15) is 4.79 Å². The van der Waals surface area contributed by atoms with E-state index in [1.807, 2.05) is 48.5 Å². The molecule has 0 aromatic heterocycles. The second kappa shape index (κ2) is 10.3. The third-order valence-electron chi connectivity index (χ3n) is 5.09. The van der Waals surface area contributed by atoms with Crippen molar-refractivity contribution in [3.05, 3.63) is 65.2 Å². The SMILES string of the molecule is CCOC(=O)[C@H](CCC(=O)C=[N+]=[N-])NC(=O)OCC1c2ccccc2-c2ccccc21. The summed E-state index contributed by atoms with van der Waals surface area (Å²) in [6.45, 7) is 1.88. The van der Waals surface area contributed by atoms with E-state index in [0.29, 0.717) is 0 Å². The van der Waals surface area contributed by atoms with Crippen molar-refractivity contribution >= 4 is 24.1 Å². The number of nitrogens with zero attached hydrogens (tertiary/aromatic N) is 2. The Bertz CT molecular complexity index is 984. The zero-order chi connectivity index (χ0) is 22.2. The van der Waals surface area contributed by atoms with Crippen molar-refractivity contribution in [1.29, 1.82) is 0 Å². The fourth-order valence-electron chi connectivity index (χ4n) is 3.69. The molecule has 8 nitrogen and oxygen atoms in total. The largest absolute Gasteiger partial charge is 0.464 e. The van der Waals surface area contributed by atoms with Crippen LogP contribution in [0.25, 0.3) is 16.7 Å². The van der Waals surface area contributed by atoms with Crippen LogP contribution in [0.5, 0.6) is 0 Å². The van der Waals surface area contributed by atoms with E-state index in [4.69, 9.17) is 15.0 Å². The summed E-state index contributed by atoms with van der Waals surface area (Å²) in [7, 11) is 0. The minimum absolute atomic E-state index is 0.00607. The summed E-state index contributed by atoms with van der Waals surface area (Å²) in [4.78, 5) is 38.8. The lowest BCUT2D eigenvalue weighted by atomic mass is 9.98. The van der Waals surface area contributed by atoms with E-state index in [-0.39, 0.29) is 32.0 Å². The number of amides is 1. The van der Waals surface area contributed by atoms with E-state index in [9.17, 15) is 14.4 Å². The van der Waals surface area contributed by atoms with Gasteiger partial charge in [0.05, 0.1) is 6.61 Å². The molecule has 1 atom stereocenters. The number of ether oxygens (including phenoxy) is 2. The van der Waals surface area contributed by atoms with Crippen molar-refractivity contribution in [3.63, 3.8) is 0 Å². The molecule has 1 amide bonds. The van der Waals surface area contributed by atoms with E-state index >= 15 is 0 Å². The molecule has 2 aromatic rings. The summed E-state index contributed by atoms with van der Waals surface area (Å²) in [6.07, 6.45) is -0.135. The van der Waals surface area contributed by atoms with Gasteiger partial charge in [0.25, 0.3) is 0 Å². The normalized spacial score (nSPS) is 12.7. The van der Waals surface area contributed by atoms with Gasteiger partial charge in [-0.05, 0) is 35.6 Å². The first-order valence-electron chi connectivity index (χ1n) is 10.0. The van der Waals surface area contributed by atoms with Gasteiger partial charge in [-0.1, -0.05) is 48.5 Å². The highest BCUT2D eigenvalue weighted by Gasteiger charge is 2.30. The van der Waals surface area contributed by atoms with E-state index < -0.39 is 23.9 Å². The van der Waals surface area contributed by atoms with Crippen LogP contribution in [0.2, 0.25) is 0 Å². The van der Waals surface area contributed by atoms with Crippen molar-refractivity contribution in [2.75, 3.05) is 13.2 Å². The molecule has 31 heavy (non-hydrogen) atoms. The van der Waals surface area contributed by atoms with Gasteiger partial charge in [0.15, 0.2) is 0 Å². The number of alkyl carbamates (subject to hydrolysis) is 1. The van der Waals surface area contributed by atoms with Crippen LogP contribution in [0.3, 0.4) is 0 Å². The molecule has 8 heteroatoms. The molecular weight excluding hydrogens is 398 g/mol. The first-order chi connectivity index (χ1) is 15.0. The lowest BCUT2D eigenvalue weighted by Crippen LogP contribution is -2.42. The molecule has 160 valence electrons. The molecule has 0 aliphatic heterocycles. The van der Waals surface area contributed by atoms with Crippen LogP contribution < -0.4 is 5.32 Å². The van der Waals surface area contributed by atoms with Crippen LogP contribution in [0.1, 0.15) is 36.8 Å². The Morgan fingerprint density at radius 2 is 1.68 bits per heavy atom. The van der Waals surface area contributed by atoms with Gasteiger partial charge < -0.3 is 20.3 Å². The maximum atomic E-state index is 12.4. The third-order valence-corrected chi connectivity index (χ3v) is 5.09. The monoisotopic (exact) mass is 421 g/mol. The van der Waals surface area contributed by atoms with Gasteiger partial charge in [-0.3, -0.25) is 4.79 Å². The van der Waals surface area contributed by atoms with Crippen LogP contribution in [-0.2, 0) is 19.1 Å². The van der Waals surface area contributed by atoms with E-state index in [1.165, 1.54) is 0 Å². The van der Waals surface area contributed by atoms with Crippen LogP contribution in [0, 0.1) is 0 Å². The summed E-state index contributed by atoms with van der Waals surface area (Å²) in [5.74, 6) is -1.25. The number of ketones is 1. The number of carbonyl (C=O) groups excluding carboxylic acids is 3. The Labute approximate surface area is 179 Å². The second-order valence-corrected chi connectivity index (χ2v) is 7.02.